The van der Waals surface area contributed by atoms with Crippen molar-refractivity contribution in [3.8, 4) is 0 Å². The van der Waals surface area contributed by atoms with Crippen LogP contribution in [0.5, 0.6) is 0 Å². The molecule has 2 N–H and O–H groups in total. The highest BCUT2D eigenvalue weighted by atomic mass is 35.5. The fourth-order valence-corrected chi connectivity index (χ4v) is 3.86. The third-order valence-electron chi connectivity index (χ3n) is 5.22. The first-order valence-electron chi connectivity index (χ1n) is 10.6. The van der Waals surface area contributed by atoms with Gasteiger partial charge < -0.3 is 10.6 Å². The van der Waals surface area contributed by atoms with Crippen molar-refractivity contribution in [2.24, 2.45) is 4.99 Å². The quantitative estimate of drug-likeness (QED) is 0.391. The lowest BCUT2D eigenvalue weighted by Crippen LogP contribution is -2.48. The molecule has 0 unspecified atom stereocenters. The van der Waals surface area contributed by atoms with Gasteiger partial charge >= 0.3 is 0 Å². The molecule has 1 aliphatic heterocycles. The van der Waals surface area contributed by atoms with E-state index in [1.165, 1.54) is 5.56 Å². The number of nitrogens with one attached hydrogen (secondary N) is 2. The number of aryl methyl sites for hydroxylation is 1. The molecule has 1 fully saturated rings. The van der Waals surface area contributed by atoms with E-state index in [0.717, 1.165) is 75.1 Å². The molecule has 1 aromatic carbocycles. The van der Waals surface area contributed by atoms with Crippen LogP contribution in [0.25, 0.3) is 0 Å². The van der Waals surface area contributed by atoms with Crippen LogP contribution in [0, 0.1) is 0 Å². The second kappa shape index (κ2) is 11.8. The molecule has 0 aliphatic carbocycles. The number of piperidine rings is 1. The molecule has 0 radical (unpaired) electrons. The van der Waals surface area contributed by atoms with Crippen LogP contribution in [-0.2, 0) is 13.0 Å². The molecule has 2 heterocycles. The van der Waals surface area contributed by atoms with Crippen LogP contribution >= 0.6 is 11.6 Å². The van der Waals surface area contributed by atoms with Crippen LogP contribution in [0.4, 0.5) is 0 Å². The second-order valence-electron chi connectivity index (χ2n) is 7.47. The Labute approximate surface area is 179 Å². The summed E-state index contributed by atoms with van der Waals surface area (Å²) in [6.45, 7) is 6.87. The van der Waals surface area contributed by atoms with Gasteiger partial charge in [-0.3, -0.25) is 14.9 Å². The number of aromatic nitrogens is 1. The topological polar surface area (TPSA) is 52.6 Å². The summed E-state index contributed by atoms with van der Waals surface area (Å²) in [5, 5.41) is 7.85. The monoisotopic (exact) mass is 413 g/mol. The molecule has 1 aliphatic rings. The molecule has 29 heavy (non-hydrogen) atoms. The summed E-state index contributed by atoms with van der Waals surface area (Å²) < 4.78 is 0. The van der Waals surface area contributed by atoms with E-state index in [2.05, 4.69) is 45.6 Å². The first-order valence-corrected chi connectivity index (χ1v) is 11.0. The molecule has 5 nitrogen and oxygen atoms in total. The van der Waals surface area contributed by atoms with Gasteiger partial charge in [-0.15, -0.1) is 0 Å². The number of rotatable bonds is 8. The fraction of sp³-hybridized carbons (Fsp3) is 0.478. The Kier molecular flexibility index (Phi) is 8.78. The SMILES string of the molecule is CCNC(=NCCCc1ccccc1Cl)NC1CCN(Cc2ccccn2)CC1. The maximum atomic E-state index is 6.24. The lowest BCUT2D eigenvalue weighted by Gasteiger charge is -2.32. The van der Waals surface area contributed by atoms with Crippen LogP contribution in [0.15, 0.2) is 53.7 Å². The largest absolute Gasteiger partial charge is 0.357 e. The van der Waals surface area contributed by atoms with Gasteiger partial charge in [0.25, 0.3) is 0 Å². The standard InChI is InChI=1S/C23H32ClN5/c1-2-25-23(27-15-7-9-19-8-3-4-11-22(19)24)28-20-12-16-29(17-13-20)18-21-10-5-6-14-26-21/h3-6,8,10-11,14,20H,2,7,9,12-13,15-18H2,1H3,(H2,25,27,28). The lowest BCUT2D eigenvalue weighted by atomic mass is 10.0. The number of nitrogens with zero attached hydrogens (tertiary/aromatic N) is 3. The molecule has 2 aromatic rings. The number of likely N-dealkylation sites (tertiary alicyclic amines) is 1. The van der Waals surface area contributed by atoms with E-state index in [0.29, 0.717) is 6.04 Å². The summed E-state index contributed by atoms with van der Waals surface area (Å²) in [6.07, 6.45) is 6.06. The normalized spacial score (nSPS) is 16.0. The van der Waals surface area contributed by atoms with Crippen molar-refractivity contribution in [3.63, 3.8) is 0 Å². The molecule has 0 atom stereocenters. The minimum absolute atomic E-state index is 0.469. The van der Waals surface area contributed by atoms with Crippen LogP contribution in [0.2, 0.25) is 5.02 Å². The number of hydrogen-bond donors (Lipinski definition) is 2. The number of guanidine groups is 1. The zero-order valence-electron chi connectivity index (χ0n) is 17.3. The maximum Gasteiger partial charge on any atom is 0.191 e. The van der Waals surface area contributed by atoms with Crippen LogP contribution in [0.3, 0.4) is 0 Å². The van der Waals surface area contributed by atoms with E-state index >= 15 is 0 Å². The zero-order chi connectivity index (χ0) is 20.3. The number of aliphatic imine (C=N–C) groups is 1. The second-order valence-corrected chi connectivity index (χ2v) is 7.88. The van der Waals surface area contributed by atoms with Crippen molar-refractivity contribution >= 4 is 17.6 Å². The molecule has 6 heteroatoms. The van der Waals surface area contributed by atoms with E-state index in [9.17, 15) is 0 Å². The van der Waals surface area contributed by atoms with Gasteiger partial charge in [-0.1, -0.05) is 35.9 Å². The van der Waals surface area contributed by atoms with Gasteiger partial charge in [0.2, 0.25) is 0 Å². The average Bonchev–Trinajstić information content (AvgIpc) is 2.74. The van der Waals surface area contributed by atoms with Crippen LogP contribution in [0.1, 0.15) is 37.4 Å². The van der Waals surface area contributed by atoms with Crippen molar-refractivity contribution in [2.45, 2.75) is 45.2 Å². The molecule has 1 saturated heterocycles. The van der Waals surface area contributed by atoms with E-state index in [4.69, 9.17) is 16.6 Å². The number of hydrogen-bond acceptors (Lipinski definition) is 3. The smallest absolute Gasteiger partial charge is 0.191 e. The minimum Gasteiger partial charge on any atom is -0.357 e. The summed E-state index contributed by atoms with van der Waals surface area (Å²) in [4.78, 5) is 11.7. The van der Waals surface area contributed by atoms with Crippen molar-refractivity contribution in [2.75, 3.05) is 26.2 Å². The maximum absolute atomic E-state index is 6.24. The van der Waals surface area contributed by atoms with Gasteiger partial charge in [0.05, 0.1) is 5.69 Å². The van der Waals surface area contributed by atoms with Gasteiger partial charge in [-0.05, 0) is 56.4 Å². The van der Waals surface area contributed by atoms with Crippen molar-refractivity contribution < 1.29 is 0 Å². The highest BCUT2D eigenvalue weighted by molar-refractivity contribution is 6.31. The zero-order valence-corrected chi connectivity index (χ0v) is 18.0. The summed E-state index contributed by atoms with van der Waals surface area (Å²) >= 11 is 6.24. The molecule has 0 saturated carbocycles. The fourth-order valence-electron chi connectivity index (χ4n) is 3.63. The summed E-state index contributed by atoms with van der Waals surface area (Å²) in [7, 11) is 0. The van der Waals surface area contributed by atoms with Crippen LogP contribution < -0.4 is 10.6 Å². The van der Waals surface area contributed by atoms with Gasteiger partial charge in [-0.2, -0.15) is 0 Å². The predicted octanol–water partition coefficient (Wildman–Crippen LogP) is 3.89. The Morgan fingerprint density at radius 2 is 1.97 bits per heavy atom. The van der Waals surface area contributed by atoms with Gasteiger partial charge in [0.15, 0.2) is 5.96 Å². The van der Waals surface area contributed by atoms with E-state index in [1.807, 2.05) is 30.5 Å². The molecule has 1 aromatic heterocycles. The van der Waals surface area contributed by atoms with Crippen molar-refractivity contribution in [1.29, 1.82) is 0 Å². The summed E-state index contributed by atoms with van der Waals surface area (Å²) in [5.41, 5.74) is 2.34. The molecule has 0 bridgehead atoms. The third kappa shape index (κ3) is 7.33. The van der Waals surface area contributed by atoms with Gasteiger partial charge in [0.1, 0.15) is 0 Å². The highest BCUT2D eigenvalue weighted by Crippen LogP contribution is 2.16. The molecule has 156 valence electrons. The number of pyridine rings is 1. The summed E-state index contributed by atoms with van der Waals surface area (Å²) in [5.74, 6) is 0.926. The Bertz CT molecular complexity index is 757. The Hall–Kier alpha value is -2.11. The first-order chi connectivity index (χ1) is 14.2. The highest BCUT2D eigenvalue weighted by Gasteiger charge is 2.20. The van der Waals surface area contributed by atoms with E-state index in [-0.39, 0.29) is 0 Å². The number of benzene rings is 1. The molecule has 0 amide bonds. The van der Waals surface area contributed by atoms with Gasteiger partial charge in [0, 0.05) is 50.0 Å². The predicted molar refractivity (Wildman–Crippen MR) is 121 cm³/mol. The molecular weight excluding hydrogens is 382 g/mol. The molecular formula is C23H32ClN5. The first kappa shape index (κ1) is 21.6. The Morgan fingerprint density at radius 3 is 2.69 bits per heavy atom. The van der Waals surface area contributed by atoms with Crippen LogP contribution in [-0.4, -0.2) is 48.1 Å². The Morgan fingerprint density at radius 1 is 1.17 bits per heavy atom. The van der Waals surface area contributed by atoms with Crippen molar-refractivity contribution in [3.05, 3.63) is 64.9 Å². The summed E-state index contributed by atoms with van der Waals surface area (Å²) in [6, 6.07) is 14.6. The molecule has 3 rings (SSSR count). The average molecular weight is 414 g/mol. The lowest BCUT2D eigenvalue weighted by molar-refractivity contribution is 0.196. The third-order valence-corrected chi connectivity index (χ3v) is 5.59. The van der Waals surface area contributed by atoms with E-state index in [1.54, 1.807) is 0 Å². The minimum atomic E-state index is 0.469. The Balaban J connectivity index is 1.41. The van der Waals surface area contributed by atoms with E-state index < -0.39 is 0 Å². The number of halogens is 1. The van der Waals surface area contributed by atoms with Gasteiger partial charge in [-0.25, -0.2) is 0 Å². The molecule has 0 spiro atoms. The van der Waals surface area contributed by atoms with Crippen molar-refractivity contribution in [1.82, 2.24) is 20.5 Å².